The zero-order valence-corrected chi connectivity index (χ0v) is 12.7. The minimum atomic E-state index is -0.0558. The van der Waals surface area contributed by atoms with Crippen molar-refractivity contribution in [2.24, 2.45) is 5.92 Å². The highest BCUT2D eigenvalue weighted by atomic mass is 16.5. The van der Waals surface area contributed by atoms with Crippen LogP contribution in [-0.2, 0) is 17.6 Å². The second-order valence-electron chi connectivity index (χ2n) is 5.32. The van der Waals surface area contributed by atoms with Gasteiger partial charge in [-0.1, -0.05) is 0 Å². The molecule has 0 saturated heterocycles. The minimum absolute atomic E-state index is 0.00344. The van der Waals surface area contributed by atoms with Crippen LogP contribution in [0, 0.1) is 5.92 Å². The van der Waals surface area contributed by atoms with Crippen molar-refractivity contribution in [1.29, 1.82) is 0 Å². The van der Waals surface area contributed by atoms with Gasteiger partial charge in [0.1, 0.15) is 11.5 Å². The maximum atomic E-state index is 12.5. The first-order valence-corrected chi connectivity index (χ1v) is 7.25. The standard InChI is InChI=1S/C16H19N3O3/c1-21-11-4-6-13(15(8-11)22-2)19-16(20)10-3-5-12-14(7-10)18-9-17-12/h4,6,8-10H,3,5,7H2,1-2H3,(H,17,18)(H,19,20). The van der Waals surface area contributed by atoms with Crippen LogP contribution in [0.5, 0.6) is 11.5 Å². The van der Waals surface area contributed by atoms with E-state index in [1.54, 1.807) is 38.7 Å². The lowest BCUT2D eigenvalue weighted by molar-refractivity contribution is -0.120. The van der Waals surface area contributed by atoms with E-state index >= 15 is 0 Å². The van der Waals surface area contributed by atoms with Crippen molar-refractivity contribution in [3.8, 4) is 11.5 Å². The van der Waals surface area contributed by atoms with Gasteiger partial charge < -0.3 is 19.8 Å². The van der Waals surface area contributed by atoms with Crippen LogP contribution in [0.3, 0.4) is 0 Å². The average Bonchev–Trinajstić information content (AvgIpc) is 3.02. The fourth-order valence-corrected chi connectivity index (χ4v) is 2.76. The molecular weight excluding hydrogens is 282 g/mol. The number of rotatable bonds is 4. The molecule has 1 aliphatic rings. The largest absolute Gasteiger partial charge is 0.497 e. The molecule has 1 unspecified atom stereocenters. The van der Waals surface area contributed by atoms with Crippen molar-refractivity contribution in [3.63, 3.8) is 0 Å². The molecule has 116 valence electrons. The number of hydrogen-bond acceptors (Lipinski definition) is 4. The first kappa shape index (κ1) is 14.4. The third-order valence-corrected chi connectivity index (χ3v) is 4.02. The molecule has 2 N–H and O–H groups in total. The summed E-state index contributed by atoms with van der Waals surface area (Å²) in [6.45, 7) is 0. The summed E-state index contributed by atoms with van der Waals surface area (Å²) < 4.78 is 10.5. The van der Waals surface area contributed by atoms with Gasteiger partial charge in [-0.3, -0.25) is 4.79 Å². The third kappa shape index (κ3) is 2.77. The van der Waals surface area contributed by atoms with Gasteiger partial charge in [0.05, 0.1) is 31.9 Å². The Bertz CT molecular complexity index is 681. The van der Waals surface area contributed by atoms with Crippen LogP contribution in [-0.4, -0.2) is 30.1 Å². The van der Waals surface area contributed by atoms with E-state index in [1.807, 2.05) is 0 Å². The summed E-state index contributed by atoms with van der Waals surface area (Å²) >= 11 is 0. The van der Waals surface area contributed by atoms with E-state index in [2.05, 4.69) is 15.3 Å². The molecule has 0 saturated carbocycles. The van der Waals surface area contributed by atoms with E-state index in [0.717, 1.165) is 24.2 Å². The Morgan fingerprint density at radius 3 is 3.00 bits per heavy atom. The lowest BCUT2D eigenvalue weighted by atomic mass is 9.89. The Morgan fingerprint density at radius 1 is 1.36 bits per heavy atom. The zero-order chi connectivity index (χ0) is 15.5. The van der Waals surface area contributed by atoms with Crippen LogP contribution in [0.25, 0.3) is 0 Å². The summed E-state index contributed by atoms with van der Waals surface area (Å²) in [4.78, 5) is 19.9. The summed E-state index contributed by atoms with van der Waals surface area (Å²) in [5.74, 6) is 1.23. The maximum absolute atomic E-state index is 12.5. The van der Waals surface area contributed by atoms with Gasteiger partial charge >= 0.3 is 0 Å². The zero-order valence-electron chi connectivity index (χ0n) is 12.7. The van der Waals surface area contributed by atoms with Gasteiger partial charge in [0.25, 0.3) is 0 Å². The molecule has 1 heterocycles. The monoisotopic (exact) mass is 301 g/mol. The highest BCUT2D eigenvalue weighted by Crippen LogP contribution is 2.30. The molecule has 3 rings (SSSR count). The molecule has 0 radical (unpaired) electrons. The van der Waals surface area contributed by atoms with Crippen molar-refractivity contribution in [1.82, 2.24) is 9.97 Å². The normalized spacial score (nSPS) is 16.7. The summed E-state index contributed by atoms with van der Waals surface area (Å²) in [5.41, 5.74) is 2.79. The van der Waals surface area contributed by atoms with Gasteiger partial charge in [-0.25, -0.2) is 4.98 Å². The van der Waals surface area contributed by atoms with E-state index in [0.29, 0.717) is 23.6 Å². The molecule has 0 bridgehead atoms. The number of aryl methyl sites for hydroxylation is 1. The van der Waals surface area contributed by atoms with Gasteiger partial charge in [0, 0.05) is 24.1 Å². The number of nitrogens with one attached hydrogen (secondary N) is 2. The van der Waals surface area contributed by atoms with Crippen molar-refractivity contribution in [3.05, 3.63) is 35.9 Å². The number of benzene rings is 1. The summed E-state index contributed by atoms with van der Waals surface area (Å²) in [7, 11) is 3.17. The number of H-pyrrole nitrogens is 1. The number of anilines is 1. The molecule has 6 heteroatoms. The SMILES string of the molecule is COc1ccc(NC(=O)C2CCc3nc[nH]c3C2)c(OC)c1. The molecule has 22 heavy (non-hydrogen) atoms. The Kier molecular flexibility index (Phi) is 4.00. The molecule has 0 spiro atoms. The number of hydrogen-bond donors (Lipinski definition) is 2. The fourth-order valence-electron chi connectivity index (χ4n) is 2.76. The molecule has 0 fully saturated rings. The van der Waals surface area contributed by atoms with Crippen molar-refractivity contribution < 1.29 is 14.3 Å². The quantitative estimate of drug-likeness (QED) is 0.907. The van der Waals surface area contributed by atoms with Crippen LogP contribution in [0.1, 0.15) is 17.8 Å². The second-order valence-corrected chi connectivity index (χ2v) is 5.32. The number of carbonyl (C=O) groups excluding carboxylic acids is 1. The van der Waals surface area contributed by atoms with E-state index in [4.69, 9.17) is 9.47 Å². The fraction of sp³-hybridized carbons (Fsp3) is 0.375. The van der Waals surface area contributed by atoms with Crippen LogP contribution < -0.4 is 14.8 Å². The number of aromatic amines is 1. The Balaban J connectivity index is 1.72. The van der Waals surface area contributed by atoms with Gasteiger partial charge in [-0.2, -0.15) is 0 Å². The smallest absolute Gasteiger partial charge is 0.227 e. The summed E-state index contributed by atoms with van der Waals surface area (Å²) in [6.07, 6.45) is 4.02. The van der Waals surface area contributed by atoms with Gasteiger partial charge in [-0.15, -0.1) is 0 Å². The molecule has 1 aliphatic carbocycles. The van der Waals surface area contributed by atoms with Crippen LogP contribution in [0.2, 0.25) is 0 Å². The highest BCUT2D eigenvalue weighted by Gasteiger charge is 2.26. The number of aromatic nitrogens is 2. The predicted octanol–water partition coefficient (Wildman–Crippen LogP) is 2.17. The lowest BCUT2D eigenvalue weighted by Gasteiger charge is -2.21. The van der Waals surface area contributed by atoms with Crippen molar-refractivity contribution >= 4 is 11.6 Å². The van der Waals surface area contributed by atoms with E-state index in [1.165, 1.54) is 0 Å². The number of ether oxygens (including phenoxy) is 2. The molecule has 1 aromatic heterocycles. The molecule has 2 aromatic rings. The van der Waals surface area contributed by atoms with E-state index < -0.39 is 0 Å². The molecular formula is C16H19N3O3. The van der Waals surface area contributed by atoms with Crippen LogP contribution >= 0.6 is 0 Å². The van der Waals surface area contributed by atoms with Crippen LogP contribution in [0.4, 0.5) is 5.69 Å². The summed E-state index contributed by atoms with van der Waals surface area (Å²) in [5, 5.41) is 2.95. The minimum Gasteiger partial charge on any atom is -0.497 e. The lowest BCUT2D eigenvalue weighted by Crippen LogP contribution is -2.28. The number of nitrogens with zero attached hydrogens (tertiary/aromatic N) is 1. The van der Waals surface area contributed by atoms with Gasteiger partial charge in [-0.05, 0) is 25.0 Å². The van der Waals surface area contributed by atoms with Gasteiger partial charge in [0.2, 0.25) is 5.91 Å². The molecule has 6 nitrogen and oxygen atoms in total. The number of carbonyl (C=O) groups is 1. The topological polar surface area (TPSA) is 76.2 Å². The van der Waals surface area contributed by atoms with Crippen molar-refractivity contribution in [2.75, 3.05) is 19.5 Å². The third-order valence-electron chi connectivity index (χ3n) is 4.02. The average molecular weight is 301 g/mol. The molecule has 1 atom stereocenters. The maximum Gasteiger partial charge on any atom is 0.227 e. The predicted molar refractivity (Wildman–Crippen MR) is 82.3 cm³/mol. The molecule has 1 amide bonds. The Hall–Kier alpha value is -2.50. The second kappa shape index (κ2) is 6.09. The molecule has 1 aromatic carbocycles. The number of fused-ring (bicyclic) bond motifs is 1. The summed E-state index contributed by atoms with van der Waals surface area (Å²) in [6, 6.07) is 5.34. The Labute approximate surface area is 128 Å². The highest BCUT2D eigenvalue weighted by molar-refractivity contribution is 5.94. The van der Waals surface area contributed by atoms with E-state index in [9.17, 15) is 4.79 Å². The van der Waals surface area contributed by atoms with Gasteiger partial charge in [0.15, 0.2) is 0 Å². The number of imidazole rings is 1. The number of amides is 1. The van der Waals surface area contributed by atoms with Crippen LogP contribution in [0.15, 0.2) is 24.5 Å². The Morgan fingerprint density at radius 2 is 2.23 bits per heavy atom. The van der Waals surface area contributed by atoms with Crippen molar-refractivity contribution in [2.45, 2.75) is 19.3 Å². The molecule has 0 aliphatic heterocycles. The van der Waals surface area contributed by atoms with E-state index in [-0.39, 0.29) is 11.8 Å². The first-order chi connectivity index (χ1) is 10.7. The number of methoxy groups -OCH3 is 2. The first-order valence-electron chi connectivity index (χ1n) is 7.25.